The summed E-state index contributed by atoms with van der Waals surface area (Å²) in [4.78, 5) is 0. The average molecular weight is 281 g/mol. The van der Waals surface area contributed by atoms with Gasteiger partial charge in [-0.1, -0.05) is 19.8 Å². The molecule has 4 atom stereocenters. The van der Waals surface area contributed by atoms with Gasteiger partial charge in [-0.25, -0.2) is 0 Å². The molecule has 1 N–H and O–H groups in total. The molecule has 3 aliphatic rings. The first-order chi connectivity index (χ1) is 9.71. The van der Waals surface area contributed by atoms with Gasteiger partial charge in [-0.2, -0.15) is 0 Å². The standard InChI is InChI=1S/C17H31NO2/c1-3-15-16(7-6-13(2)18-15)19-12-14-8-11-17(20-14)9-4-5-10-17/h13-16,18H,3-12H2,1-2H3. The van der Waals surface area contributed by atoms with Crippen LogP contribution in [0.1, 0.15) is 71.6 Å². The molecule has 20 heavy (non-hydrogen) atoms. The fraction of sp³-hybridized carbons (Fsp3) is 1.00. The predicted molar refractivity (Wildman–Crippen MR) is 81.0 cm³/mol. The Morgan fingerprint density at radius 2 is 1.95 bits per heavy atom. The Hall–Kier alpha value is -0.120. The number of rotatable bonds is 4. The monoisotopic (exact) mass is 281 g/mol. The Labute approximate surface area is 123 Å². The molecule has 0 aromatic heterocycles. The third-order valence-corrected chi connectivity index (χ3v) is 5.62. The van der Waals surface area contributed by atoms with Crippen LogP contribution in [0.2, 0.25) is 0 Å². The van der Waals surface area contributed by atoms with Crippen LogP contribution in [0.15, 0.2) is 0 Å². The van der Waals surface area contributed by atoms with Gasteiger partial charge in [0.05, 0.1) is 24.4 Å². The number of ether oxygens (including phenoxy) is 2. The van der Waals surface area contributed by atoms with Crippen molar-refractivity contribution < 1.29 is 9.47 Å². The Morgan fingerprint density at radius 3 is 2.70 bits per heavy atom. The summed E-state index contributed by atoms with van der Waals surface area (Å²) in [5, 5.41) is 3.67. The third kappa shape index (κ3) is 3.20. The van der Waals surface area contributed by atoms with Crippen molar-refractivity contribution in [3.63, 3.8) is 0 Å². The number of nitrogens with one attached hydrogen (secondary N) is 1. The van der Waals surface area contributed by atoms with Crippen molar-refractivity contribution in [2.75, 3.05) is 6.61 Å². The molecular weight excluding hydrogens is 250 g/mol. The second-order valence-electron chi connectivity index (χ2n) is 7.20. The molecule has 0 bridgehead atoms. The predicted octanol–water partition coefficient (Wildman–Crippen LogP) is 3.41. The fourth-order valence-electron chi connectivity index (χ4n) is 4.38. The highest BCUT2D eigenvalue weighted by atomic mass is 16.6. The van der Waals surface area contributed by atoms with Crippen LogP contribution < -0.4 is 5.32 Å². The van der Waals surface area contributed by atoms with Crippen molar-refractivity contribution in [2.24, 2.45) is 0 Å². The summed E-state index contributed by atoms with van der Waals surface area (Å²) in [7, 11) is 0. The molecule has 0 amide bonds. The van der Waals surface area contributed by atoms with Gasteiger partial charge in [0.2, 0.25) is 0 Å². The Balaban J connectivity index is 1.45. The quantitative estimate of drug-likeness (QED) is 0.856. The van der Waals surface area contributed by atoms with E-state index in [1.807, 2.05) is 0 Å². The summed E-state index contributed by atoms with van der Waals surface area (Å²) < 4.78 is 12.6. The van der Waals surface area contributed by atoms with Crippen LogP contribution in [-0.4, -0.2) is 36.5 Å². The van der Waals surface area contributed by atoms with Gasteiger partial charge in [0.25, 0.3) is 0 Å². The van der Waals surface area contributed by atoms with Crippen molar-refractivity contribution in [1.82, 2.24) is 5.32 Å². The molecular formula is C17H31NO2. The molecule has 3 heteroatoms. The van der Waals surface area contributed by atoms with Gasteiger partial charge >= 0.3 is 0 Å². The minimum Gasteiger partial charge on any atom is -0.374 e. The van der Waals surface area contributed by atoms with E-state index in [1.165, 1.54) is 51.4 Å². The summed E-state index contributed by atoms with van der Waals surface area (Å²) in [6, 6.07) is 1.17. The Morgan fingerprint density at radius 1 is 1.15 bits per heavy atom. The van der Waals surface area contributed by atoms with Gasteiger partial charge < -0.3 is 14.8 Å². The van der Waals surface area contributed by atoms with E-state index in [1.54, 1.807) is 0 Å². The van der Waals surface area contributed by atoms with Gasteiger partial charge in [-0.3, -0.25) is 0 Å². The molecule has 0 aromatic carbocycles. The molecule has 2 saturated heterocycles. The molecule has 0 aromatic rings. The smallest absolute Gasteiger partial charge is 0.0817 e. The topological polar surface area (TPSA) is 30.5 Å². The van der Waals surface area contributed by atoms with E-state index in [-0.39, 0.29) is 5.60 Å². The van der Waals surface area contributed by atoms with Gasteiger partial charge in [-0.05, 0) is 51.9 Å². The molecule has 0 radical (unpaired) electrons. The zero-order valence-electron chi connectivity index (χ0n) is 13.2. The first-order valence-electron chi connectivity index (χ1n) is 8.76. The molecule has 4 unspecified atom stereocenters. The van der Waals surface area contributed by atoms with Crippen LogP contribution in [0.5, 0.6) is 0 Å². The molecule has 1 saturated carbocycles. The van der Waals surface area contributed by atoms with Gasteiger partial charge in [-0.15, -0.1) is 0 Å². The van der Waals surface area contributed by atoms with Crippen LogP contribution in [-0.2, 0) is 9.47 Å². The van der Waals surface area contributed by atoms with E-state index >= 15 is 0 Å². The van der Waals surface area contributed by atoms with E-state index in [0.29, 0.717) is 24.3 Å². The summed E-state index contributed by atoms with van der Waals surface area (Å²) in [6.45, 7) is 5.34. The van der Waals surface area contributed by atoms with Gasteiger partial charge in [0.1, 0.15) is 0 Å². The van der Waals surface area contributed by atoms with Crippen molar-refractivity contribution in [2.45, 2.75) is 102 Å². The fourth-order valence-corrected chi connectivity index (χ4v) is 4.38. The summed E-state index contributed by atoms with van der Waals surface area (Å²) in [5.74, 6) is 0. The van der Waals surface area contributed by atoms with Crippen molar-refractivity contribution in [3.05, 3.63) is 0 Å². The highest BCUT2D eigenvalue weighted by Gasteiger charge is 2.42. The molecule has 1 aliphatic carbocycles. The Bertz CT molecular complexity index is 314. The zero-order valence-corrected chi connectivity index (χ0v) is 13.2. The summed E-state index contributed by atoms with van der Waals surface area (Å²) in [5.41, 5.74) is 0.248. The zero-order chi connectivity index (χ0) is 14.0. The molecule has 1 spiro atoms. The third-order valence-electron chi connectivity index (χ3n) is 5.62. The van der Waals surface area contributed by atoms with E-state index in [4.69, 9.17) is 9.47 Å². The van der Waals surface area contributed by atoms with E-state index < -0.39 is 0 Å². The lowest BCUT2D eigenvalue weighted by molar-refractivity contribution is -0.0928. The summed E-state index contributed by atoms with van der Waals surface area (Å²) in [6.07, 6.45) is 12.1. The lowest BCUT2D eigenvalue weighted by atomic mass is 9.95. The highest BCUT2D eigenvalue weighted by Crippen LogP contribution is 2.43. The number of piperidine rings is 1. The highest BCUT2D eigenvalue weighted by molar-refractivity contribution is 4.93. The molecule has 3 rings (SSSR count). The number of hydrogen-bond acceptors (Lipinski definition) is 3. The second-order valence-corrected chi connectivity index (χ2v) is 7.20. The maximum Gasteiger partial charge on any atom is 0.0817 e. The van der Waals surface area contributed by atoms with E-state index in [9.17, 15) is 0 Å². The average Bonchev–Trinajstić information content (AvgIpc) is 3.08. The lowest BCUT2D eigenvalue weighted by Gasteiger charge is -2.36. The van der Waals surface area contributed by atoms with Gasteiger partial charge in [0, 0.05) is 12.1 Å². The van der Waals surface area contributed by atoms with Crippen LogP contribution in [0.3, 0.4) is 0 Å². The SMILES string of the molecule is CCC1NC(C)CCC1OCC1CCC2(CCCC2)O1. The van der Waals surface area contributed by atoms with Crippen LogP contribution >= 0.6 is 0 Å². The molecule has 2 aliphatic heterocycles. The number of hydrogen-bond donors (Lipinski definition) is 1. The summed E-state index contributed by atoms with van der Waals surface area (Å²) >= 11 is 0. The van der Waals surface area contributed by atoms with E-state index in [0.717, 1.165) is 13.0 Å². The molecule has 3 fully saturated rings. The van der Waals surface area contributed by atoms with Crippen molar-refractivity contribution in [3.8, 4) is 0 Å². The van der Waals surface area contributed by atoms with Gasteiger partial charge in [0.15, 0.2) is 0 Å². The molecule has 3 nitrogen and oxygen atoms in total. The maximum absolute atomic E-state index is 6.35. The van der Waals surface area contributed by atoms with Crippen molar-refractivity contribution in [1.29, 1.82) is 0 Å². The minimum absolute atomic E-state index is 0.248. The van der Waals surface area contributed by atoms with Crippen LogP contribution in [0.25, 0.3) is 0 Å². The first-order valence-corrected chi connectivity index (χ1v) is 8.76. The minimum atomic E-state index is 0.248. The largest absolute Gasteiger partial charge is 0.374 e. The van der Waals surface area contributed by atoms with Crippen LogP contribution in [0.4, 0.5) is 0 Å². The normalized spacial score (nSPS) is 40.5. The Kier molecular flexibility index (Phi) is 4.68. The first kappa shape index (κ1) is 14.8. The molecule has 116 valence electrons. The molecule has 2 heterocycles. The lowest BCUT2D eigenvalue weighted by Crippen LogP contribution is -2.50. The second kappa shape index (κ2) is 6.33. The van der Waals surface area contributed by atoms with Crippen molar-refractivity contribution >= 4 is 0 Å². The maximum atomic E-state index is 6.35. The van der Waals surface area contributed by atoms with Crippen LogP contribution in [0, 0.1) is 0 Å². The van der Waals surface area contributed by atoms with E-state index in [2.05, 4.69) is 19.2 Å².